The molecular weight excluding hydrogens is 380 g/mol. The molecule has 0 aromatic heterocycles. The standard InChI is InChI=1S/C29H40O2/c1-12-19(22-15-17(4)26(30)20(13-2)24(22)28(6,7)8)23-16-18(5)27(31)21(14-3)25(23)29(9,10)11/h13-16,19,30-31H,2-3,12H2,1,4-11H3. The van der Waals surface area contributed by atoms with Crippen LogP contribution >= 0.6 is 0 Å². The van der Waals surface area contributed by atoms with Gasteiger partial charge in [-0.2, -0.15) is 0 Å². The van der Waals surface area contributed by atoms with Crippen LogP contribution in [0.1, 0.15) is 105 Å². The predicted molar refractivity (Wildman–Crippen MR) is 135 cm³/mol. The van der Waals surface area contributed by atoms with Gasteiger partial charge in [0, 0.05) is 17.0 Å². The molecule has 0 radical (unpaired) electrons. The van der Waals surface area contributed by atoms with Gasteiger partial charge in [-0.1, -0.05) is 85.9 Å². The van der Waals surface area contributed by atoms with Gasteiger partial charge in [0.05, 0.1) is 0 Å². The summed E-state index contributed by atoms with van der Waals surface area (Å²) in [5.74, 6) is 0.728. The normalized spacial score (nSPS) is 12.3. The highest BCUT2D eigenvalue weighted by Gasteiger charge is 2.32. The van der Waals surface area contributed by atoms with Gasteiger partial charge in [0.25, 0.3) is 0 Å². The van der Waals surface area contributed by atoms with Crippen molar-refractivity contribution in [2.45, 2.75) is 85.5 Å². The van der Waals surface area contributed by atoms with Crippen LogP contribution in [-0.4, -0.2) is 10.2 Å². The first-order valence-corrected chi connectivity index (χ1v) is 11.2. The molecule has 0 saturated heterocycles. The van der Waals surface area contributed by atoms with Gasteiger partial charge in [-0.25, -0.2) is 0 Å². The number of rotatable bonds is 5. The van der Waals surface area contributed by atoms with Crippen molar-refractivity contribution in [3.05, 3.63) is 69.8 Å². The molecule has 2 aromatic carbocycles. The van der Waals surface area contributed by atoms with Gasteiger partial charge in [-0.05, 0) is 64.5 Å². The second kappa shape index (κ2) is 8.57. The molecule has 168 valence electrons. The van der Waals surface area contributed by atoms with Crippen LogP contribution in [0.5, 0.6) is 11.5 Å². The number of phenols is 2. The fourth-order valence-electron chi connectivity index (χ4n) is 4.95. The second-order valence-corrected chi connectivity index (χ2v) is 10.7. The van der Waals surface area contributed by atoms with Gasteiger partial charge >= 0.3 is 0 Å². The second-order valence-electron chi connectivity index (χ2n) is 10.7. The fraction of sp³-hybridized carbons (Fsp3) is 0.448. The molecular formula is C29H40O2. The van der Waals surface area contributed by atoms with Crippen molar-refractivity contribution in [1.29, 1.82) is 0 Å². The molecule has 0 spiro atoms. The highest BCUT2D eigenvalue weighted by molar-refractivity contribution is 5.70. The van der Waals surface area contributed by atoms with E-state index in [0.29, 0.717) is 11.5 Å². The van der Waals surface area contributed by atoms with E-state index in [9.17, 15) is 10.2 Å². The minimum absolute atomic E-state index is 0.111. The average Bonchev–Trinajstić information content (AvgIpc) is 2.64. The van der Waals surface area contributed by atoms with Crippen molar-refractivity contribution >= 4 is 12.2 Å². The van der Waals surface area contributed by atoms with E-state index < -0.39 is 0 Å². The molecule has 2 aromatic rings. The summed E-state index contributed by atoms with van der Waals surface area (Å²) < 4.78 is 0. The van der Waals surface area contributed by atoms with Crippen LogP contribution in [0.25, 0.3) is 12.2 Å². The number of benzene rings is 2. The molecule has 0 aliphatic carbocycles. The third-order valence-corrected chi connectivity index (χ3v) is 6.18. The monoisotopic (exact) mass is 420 g/mol. The lowest BCUT2D eigenvalue weighted by atomic mass is 9.70. The summed E-state index contributed by atoms with van der Waals surface area (Å²) in [4.78, 5) is 0. The van der Waals surface area contributed by atoms with E-state index in [2.05, 4.69) is 73.8 Å². The number of hydrogen-bond donors (Lipinski definition) is 2. The Morgan fingerprint density at radius 2 is 1.10 bits per heavy atom. The van der Waals surface area contributed by atoms with Crippen molar-refractivity contribution in [3.8, 4) is 11.5 Å². The molecule has 0 unspecified atom stereocenters. The zero-order valence-electron chi connectivity index (χ0n) is 20.9. The topological polar surface area (TPSA) is 40.5 Å². The molecule has 2 N–H and O–H groups in total. The smallest absolute Gasteiger partial charge is 0.125 e. The lowest BCUT2D eigenvalue weighted by Crippen LogP contribution is -2.22. The molecule has 2 heteroatoms. The summed E-state index contributed by atoms with van der Waals surface area (Å²) in [6, 6.07) is 4.28. The fourth-order valence-corrected chi connectivity index (χ4v) is 4.95. The highest BCUT2D eigenvalue weighted by Crippen LogP contribution is 2.47. The Bertz CT molecular complexity index is 929. The zero-order valence-corrected chi connectivity index (χ0v) is 20.9. The van der Waals surface area contributed by atoms with Gasteiger partial charge in [0.15, 0.2) is 0 Å². The quantitative estimate of drug-likeness (QED) is 0.512. The first-order valence-electron chi connectivity index (χ1n) is 11.2. The van der Waals surface area contributed by atoms with Crippen LogP contribution in [0.4, 0.5) is 0 Å². The molecule has 0 fully saturated rings. The maximum absolute atomic E-state index is 10.8. The summed E-state index contributed by atoms with van der Waals surface area (Å²) in [5, 5.41) is 21.6. The lowest BCUT2D eigenvalue weighted by Gasteiger charge is -2.34. The van der Waals surface area contributed by atoms with Crippen LogP contribution in [0.3, 0.4) is 0 Å². The van der Waals surface area contributed by atoms with Crippen LogP contribution in [0.2, 0.25) is 0 Å². The zero-order chi connectivity index (χ0) is 23.9. The van der Waals surface area contributed by atoms with Crippen LogP contribution < -0.4 is 0 Å². The number of aryl methyl sites for hydroxylation is 2. The Hall–Kier alpha value is -2.48. The van der Waals surface area contributed by atoms with Gasteiger partial charge in [-0.3, -0.25) is 0 Å². The van der Waals surface area contributed by atoms with E-state index in [-0.39, 0.29) is 16.7 Å². The van der Waals surface area contributed by atoms with Crippen LogP contribution in [0, 0.1) is 13.8 Å². The maximum atomic E-state index is 10.8. The average molecular weight is 421 g/mol. The Labute approximate surface area is 189 Å². The van der Waals surface area contributed by atoms with Crippen molar-refractivity contribution in [2.75, 3.05) is 0 Å². The predicted octanol–water partition coefficient (Wildman–Crippen LogP) is 8.14. The van der Waals surface area contributed by atoms with Gasteiger partial charge in [0.1, 0.15) is 11.5 Å². The van der Waals surface area contributed by atoms with E-state index >= 15 is 0 Å². The third-order valence-electron chi connectivity index (χ3n) is 6.18. The largest absolute Gasteiger partial charge is 0.507 e. The molecule has 0 heterocycles. The van der Waals surface area contributed by atoms with Gasteiger partial charge < -0.3 is 10.2 Å². The summed E-state index contributed by atoms with van der Waals surface area (Å²) in [6.45, 7) is 27.2. The highest BCUT2D eigenvalue weighted by atomic mass is 16.3. The molecule has 0 saturated carbocycles. The minimum atomic E-state index is -0.174. The van der Waals surface area contributed by atoms with Crippen molar-refractivity contribution in [2.24, 2.45) is 0 Å². The molecule has 31 heavy (non-hydrogen) atoms. The summed E-state index contributed by atoms with van der Waals surface area (Å²) in [5.41, 5.74) is 7.68. The van der Waals surface area contributed by atoms with Crippen molar-refractivity contribution in [3.63, 3.8) is 0 Å². The number of hydrogen-bond acceptors (Lipinski definition) is 2. The molecule has 2 nitrogen and oxygen atoms in total. The van der Waals surface area contributed by atoms with Crippen LogP contribution in [0.15, 0.2) is 25.3 Å². The SMILES string of the molecule is C=Cc1c(O)c(C)cc(C(CC)c2cc(C)c(O)c(C=C)c2C(C)(C)C)c1C(C)(C)C. The third kappa shape index (κ3) is 4.44. The van der Waals surface area contributed by atoms with Crippen molar-refractivity contribution in [1.82, 2.24) is 0 Å². The first-order chi connectivity index (χ1) is 14.2. The van der Waals surface area contributed by atoms with E-state index in [1.165, 1.54) is 11.1 Å². The van der Waals surface area contributed by atoms with E-state index in [0.717, 1.165) is 39.8 Å². The number of aromatic hydroxyl groups is 2. The van der Waals surface area contributed by atoms with E-state index in [1.54, 1.807) is 12.2 Å². The Balaban J connectivity index is 3.07. The van der Waals surface area contributed by atoms with Crippen molar-refractivity contribution < 1.29 is 10.2 Å². The van der Waals surface area contributed by atoms with E-state index in [4.69, 9.17) is 0 Å². The Morgan fingerprint density at radius 1 is 0.774 bits per heavy atom. The van der Waals surface area contributed by atoms with Gasteiger partial charge in [0.2, 0.25) is 0 Å². The summed E-state index contributed by atoms with van der Waals surface area (Å²) in [6.07, 6.45) is 4.45. The first kappa shape index (κ1) is 24.8. The molecule has 0 aliphatic heterocycles. The Morgan fingerprint density at radius 3 is 1.32 bits per heavy atom. The Kier molecular flexibility index (Phi) is 6.85. The molecule has 0 amide bonds. The summed E-state index contributed by atoms with van der Waals surface area (Å²) >= 11 is 0. The molecule has 0 atom stereocenters. The van der Waals surface area contributed by atoms with Crippen LogP contribution in [-0.2, 0) is 10.8 Å². The number of phenolic OH excluding ortho intramolecular Hbond substituents is 2. The maximum Gasteiger partial charge on any atom is 0.125 e. The summed E-state index contributed by atoms with van der Waals surface area (Å²) in [7, 11) is 0. The van der Waals surface area contributed by atoms with Gasteiger partial charge in [-0.15, -0.1) is 0 Å². The lowest BCUT2D eigenvalue weighted by molar-refractivity contribution is 0.462. The van der Waals surface area contributed by atoms with E-state index in [1.807, 2.05) is 13.8 Å². The molecule has 0 bridgehead atoms. The minimum Gasteiger partial charge on any atom is -0.507 e. The molecule has 0 aliphatic rings. The molecule has 2 rings (SSSR count).